The molecule has 4 atom stereocenters. The van der Waals surface area contributed by atoms with E-state index in [-0.39, 0.29) is 7.43 Å². The van der Waals surface area contributed by atoms with Crippen LogP contribution in [0.4, 0.5) is 0 Å². The lowest BCUT2D eigenvalue weighted by molar-refractivity contribution is 0.126. The van der Waals surface area contributed by atoms with Crippen LogP contribution in [0.2, 0.25) is 0 Å². The number of hydrogen-bond donors (Lipinski definition) is 0. The van der Waals surface area contributed by atoms with Crippen molar-refractivity contribution in [3.63, 3.8) is 0 Å². The molecular weight excluding hydrogens is 192 g/mol. The summed E-state index contributed by atoms with van der Waals surface area (Å²) in [5, 5.41) is 0. The third-order valence-electron chi connectivity index (χ3n) is 5.22. The zero-order valence-corrected chi connectivity index (χ0v) is 11.1. The van der Waals surface area contributed by atoms with Gasteiger partial charge in [0.05, 0.1) is 0 Å². The molecule has 0 aromatic rings. The van der Waals surface area contributed by atoms with E-state index in [0.717, 1.165) is 23.7 Å². The second-order valence-corrected chi connectivity index (χ2v) is 6.90. The summed E-state index contributed by atoms with van der Waals surface area (Å²) in [7, 11) is 0. The van der Waals surface area contributed by atoms with E-state index in [9.17, 15) is 0 Å². The minimum atomic E-state index is 0. The molecule has 0 N–H and O–H groups in total. The van der Waals surface area contributed by atoms with Crippen molar-refractivity contribution in [1.82, 2.24) is 0 Å². The first-order valence-corrected chi connectivity index (χ1v) is 7.05. The van der Waals surface area contributed by atoms with E-state index in [1.807, 2.05) is 0 Å². The van der Waals surface area contributed by atoms with Crippen molar-refractivity contribution in [3.8, 4) is 0 Å². The minimum Gasteiger partial charge on any atom is -0.0776 e. The van der Waals surface area contributed by atoms with Gasteiger partial charge in [-0.3, -0.25) is 0 Å². The molecule has 16 heavy (non-hydrogen) atoms. The highest BCUT2D eigenvalue weighted by molar-refractivity contribution is 4.94. The van der Waals surface area contributed by atoms with Crippen LogP contribution in [0.3, 0.4) is 0 Å². The zero-order chi connectivity index (χ0) is 11.1. The monoisotopic (exact) mass is 224 g/mol. The lowest BCUT2D eigenvalue weighted by Gasteiger charge is -2.38. The summed E-state index contributed by atoms with van der Waals surface area (Å²) in [6.45, 7) is 9.75. The van der Waals surface area contributed by atoms with Crippen LogP contribution < -0.4 is 0 Å². The van der Waals surface area contributed by atoms with Gasteiger partial charge in [-0.15, -0.1) is 0 Å². The first-order valence-electron chi connectivity index (χ1n) is 7.05. The average Bonchev–Trinajstić information content (AvgIpc) is 2.48. The van der Waals surface area contributed by atoms with Gasteiger partial charge in [0.25, 0.3) is 0 Å². The van der Waals surface area contributed by atoms with Crippen LogP contribution in [0.25, 0.3) is 0 Å². The summed E-state index contributed by atoms with van der Waals surface area (Å²) in [6.07, 6.45) is 8.94. The molecule has 2 aliphatic carbocycles. The maximum atomic E-state index is 2.48. The SMILES string of the molecule is C.CCC1CC2CC(C)(C)CC2CC1CC. The Morgan fingerprint density at radius 2 is 1.25 bits per heavy atom. The van der Waals surface area contributed by atoms with E-state index in [1.165, 1.54) is 25.7 Å². The van der Waals surface area contributed by atoms with E-state index >= 15 is 0 Å². The first-order chi connectivity index (χ1) is 7.05. The van der Waals surface area contributed by atoms with Crippen molar-refractivity contribution in [2.24, 2.45) is 29.1 Å². The van der Waals surface area contributed by atoms with Crippen molar-refractivity contribution < 1.29 is 0 Å². The first kappa shape index (κ1) is 14.1. The number of rotatable bonds is 2. The van der Waals surface area contributed by atoms with E-state index in [2.05, 4.69) is 27.7 Å². The largest absolute Gasteiger partial charge is 0.0776 e. The average molecular weight is 224 g/mol. The molecule has 2 rings (SSSR count). The highest BCUT2D eigenvalue weighted by Gasteiger charge is 2.44. The van der Waals surface area contributed by atoms with E-state index in [0.29, 0.717) is 5.41 Å². The molecule has 0 heteroatoms. The van der Waals surface area contributed by atoms with Gasteiger partial charge in [-0.2, -0.15) is 0 Å². The summed E-state index contributed by atoms with van der Waals surface area (Å²) in [4.78, 5) is 0. The molecule has 0 heterocycles. The third kappa shape index (κ3) is 2.63. The fourth-order valence-electron chi connectivity index (χ4n) is 4.55. The second-order valence-electron chi connectivity index (χ2n) is 6.90. The van der Waals surface area contributed by atoms with Gasteiger partial charge < -0.3 is 0 Å². The molecular formula is C16H32. The van der Waals surface area contributed by atoms with Gasteiger partial charge in [-0.1, -0.05) is 48.0 Å². The second kappa shape index (κ2) is 5.10. The lowest BCUT2D eigenvalue weighted by Crippen LogP contribution is -2.28. The van der Waals surface area contributed by atoms with Gasteiger partial charge in [-0.25, -0.2) is 0 Å². The van der Waals surface area contributed by atoms with Crippen molar-refractivity contribution >= 4 is 0 Å². The molecule has 4 unspecified atom stereocenters. The van der Waals surface area contributed by atoms with Gasteiger partial charge in [0, 0.05) is 0 Å². The van der Waals surface area contributed by atoms with Crippen LogP contribution in [0, 0.1) is 29.1 Å². The van der Waals surface area contributed by atoms with Crippen LogP contribution in [0.1, 0.15) is 73.6 Å². The standard InChI is InChI=1S/C15H28.CH4/c1-5-11-7-13-9-15(3,4)10-14(13)8-12(11)6-2;/h11-14H,5-10H2,1-4H3;1H4. The molecule has 0 spiro atoms. The highest BCUT2D eigenvalue weighted by Crippen LogP contribution is 2.54. The van der Waals surface area contributed by atoms with Crippen molar-refractivity contribution in [1.29, 1.82) is 0 Å². The molecule has 0 saturated heterocycles. The van der Waals surface area contributed by atoms with Gasteiger partial charge in [0.2, 0.25) is 0 Å². The molecule has 2 saturated carbocycles. The molecule has 0 bridgehead atoms. The Balaban J connectivity index is 0.00000128. The van der Waals surface area contributed by atoms with Crippen LogP contribution in [-0.2, 0) is 0 Å². The quantitative estimate of drug-likeness (QED) is 0.579. The topological polar surface area (TPSA) is 0 Å². The van der Waals surface area contributed by atoms with Crippen molar-refractivity contribution in [2.45, 2.75) is 73.6 Å². The van der Waals surface area contributed by atoms with Gasteiger partial charge in [0.1, 0.15) is 0 Å². The predicted octanol–water partition coefficient (Wildman–Crippen LogP) is 5.52. The molecule has 0 amide bonds. The maximum absolute atomic E-state index is 2.48. The molecule has 0 aromatic heterocycles. The highest BCUT2D eigenvalue weighted by atomic mass is 14.5. The summed E-state index contributed by atoms with van der Waals surface area (Å²) >= 11 is 0. The van der Waals surface area contributed by atoms with Crippen LogP contribution in [0.15, 0.2) is 0 Å². The Kier molecular flexibility index (Phi) is 4.49. The summed E-state index contributed by atoms with van der Waals surface area (Å²) < 4.78 is 0. The molecule has 2 aliphatic rings. The van der Waals surface area contributed by atoms with Crippen LogP contribution in [-0.4, -0.2) is 0 Å². The Bertz CT molecular complexity index is 194. The fraction of sp³-hybridized carbons (Fsp3) is 1.00. The van der Waals surface area contributed by atoms with Crippen molar-refractivity contribution in [2.75, 3.05) is 0 Å². The molecule has 96 valence electrons. The van der Waals surface area contributed by atoms with E-state index in [1.54, 1.807) is 12.8 Å². The number of fused-ring (bicyclic) bond motifs is 1. The summed E-state index contributed by atoms with van der Waals surface area (Å²) in [6, 6.07) is 0. The Hall–Kier alpha value is 0. The molecule has 0 radical (unpaired) electrons. The summed E-state index contributed by atoms with van der Waals surface area (Å²) in [5.41, 5.74) is 0.649. The normalized spacial score (nSPS) is 41.2. The minimum absolute atomic E-state index is 0. The third-order valence-corrected chi connectivity index (χ3v) is 5.22. The number of hydrogen-bond acceptors (Lipinski definition) is 0. The smallest absolute Gasteiger partial charge is 0.0349 e. The Labute approximate surface area is 103 Å². The summed E-state index contributed by atoms with van der Waals surface area (Å²) in [5.74, 6) is 4.25. The Morgan fingerprint density at radius 3 is 1.56 bits per heavy atom. The van der Waals surface area contributed by atoms with Gasteiger partial charge in [0.15, 0.2) is 0 Å². The molecule has 2 fully saturated rings. The maximum Gasteiger partial charge on any atom is -0.0349 e. The van der Waals surface area contributed by atoms with E-state index < -0.39 is 0 Å². The van der Waals surface area contributed by atoms with Crippen LogP contribution >= 0.6 is 0 Å². The molecule has 0 nitrogen and oxygen atoms in total. The fourth-order valence-corrected chi connectivity index (χ4v) is 4.55. The predicted molar refractivity (Wildman–Crippen MR) is 73.5 cm³/mol. The van der Waals surface area contributed by atoms with Crippen LogP contribution in [0.5, 0.6) is 0 Å². The molecule has 0 aliphatic heterocycles. The van der Waals surface area contributed by atoms with Gasteiger partial charge >= 0.3 is 0 Å². The lowest BCUT2D eigenvalue weighted by atomic mass is 9.68. The van der Waals surface area contributed by atoms with E-state index in [4.69, 9.17) is 0 Å². The molecule has 0 aromatic carbocycles. The zero-order valence-electron chi connectivity index (χ0n) is 11.1. The Morgan fingerprint density at radius 1 is 0.875 bits per heavy atom. The van der Waals surface area contributed by atoms with Gasteiger partial charge in [-0.05, 0) is 54.8 Å². The van der Waals surface area contributed by atoms with Crippen molar-refractivity contribution in [3.05, 3.63) is 0 Å².